The maximum atomic E-state index is 11.8. The molecule has 5 heteroatoms. The number of piperidine rings is 1. The second-order valence-electron chi connectivity index (χ2n) is 9.37. The second-order valence-corrected chi connectivity index (χ2v) is 9.37. The molecule has 3 rings (SSSR count). The average molecular weight is 379 g/mol. The minimum Gasteiger partial charge on any atom is -0.341 e. The van der Waals surface area contributed by atoms with Crippen molar-refractivity contribution in [1.82, 2.24) is 20.0 Å². The summed E-state index contributed by atoms with van der Waals surface area (Å²) in [5.74, 6) is 0.921. The molecule has 2 aliphatic heterocycles. The summed E-state index contributed by atoms with van der Waals surface area (Å²) < 4.78 is 0. The van der Waals surface area contributed by atoms with Crippen LogP contribution in [0, 0.1) is 11.3 Å². The minimum absolute atomic E-state index is 0.0835. The van der Waals surface area contributed by atoms with Gasteiger partial charge in [-0.2, -0.15) is 0 Å². The summed E-state index contributed by atoms with van der Waals surface area (Å²) in [5.41, 5.74) is 0.551. The van der Waals surface area contributed by atoms with Crippen LogP contribution in [0.1, 0.15) is 65.7 Å². The molecule has 0 aromatic rings. The van der Waals surface area contributed by atoms with Gasteiger partial charge in [-0.1, -0.05) is 33.6 Å². The quantitative estimate of drug-likeness (QED) is 0.797. The highest BCUT2D eigenvalue weighted by Crippen LogP contribution is 2.45. The molecule has 1 N–H and O–H groups in total. The normalized spacial score (nSPS) is 29.3. The Morgan fingerprint density at radius 2 is 1.44 bits per heavy atom. The van der Waals surface area contributed by atoms with Gasteiger partial charge >= 0.3 is 6.03 Å². The highest BCUT2D eigenvalue weighted by atomic mass is 16.2. The molecule has 0 spiro atoms. The first-order valence-electron chi connectivity index (χ1n) is 11.5. The second kappa shape index (κ2) is 9.13. The Morgan fingerprint density at radius 1 is 0.889 bits per heavy atom. The van der Waals surface area contributed by atoms with Crippen LogP contribution >= 0.6 is 0 Å². The molecule has 3 fully saturated rings. The van der Waals surface area contributed by atoms with Crippen LogP contribution in [0.2, 0.25) is 0 Å². The smallest absolute Gasteiger partial charge is 0.317 e. The molecule has 2 amide bonds. The fourth-order valence-electron chi connectivity index (χ4n) is 5.81. The van der Waals surface area contributed by atoms with Crippen LogP contribution in [0.4, 0.5) is 4.79 Å². The van der Waals surface area contributed by atoms with Gasteiger partial charge in [-0.15, -0.1) is 0 Å². The number of hydrogen-bond donors (Lipinski definition) is 1. The molecule has 2 heterocycles. The van der Waals surface area contributed by atoms with E-state index in [1.165, 1.54) is 58.3 Å². The number of carbonyl (C=O) groups is 1. The fourth-order valence-corrected chi connectivity index (χ4v) is 5.81. The molecule has 27 heavy (non-hydrogen) atoms. The molecule has 5 nitrogen and oxygen atoms in total. The summed E-state index contributed by atoms with van der Waals surface area (Å²) in [6.45, 7) is 14.0. The van der Waals surface area contributed by atoms with Gasteiger partial charge in [0.15, 0.2) is 0 Å². The van der Waals surface area contributed by atoms with Crippen molar-refractivity contribution < 1.29 is 4.79 Å². The summed E-state index contributed by atoms with van der Waals surface area (Å²) >= 11 is 0. The molecule has 1 saturated carbocycles. The molecular formula is C22H42N4O. The molecule has 0 radical (unpaired) electrons. The third-order valence-corrected chi connectivity index (χ3v) is 8.35. The summed E-state index contributed by atoms with van der Waals surface area (Å²) in [6.07, 6.45) is 9.16. The van der Waals surface area contributed by atoms with Gasteiger partial charge in [0.1, 0.15) is 0 Å². The molecule has 156 valence electrons. The van der Waals surface area contributed by atoms with E-state index in [-0.39, 0.29) is 6.03 Å². The highest BCUT2D eigenvalue weighted by Gasteiger charge is 2.39. The zero-order valence-electron chi connectivity index (χ0n) is 18.2. The Balaban J connectivity index is 1.43. The predicted molar refractivity (Wildman–Crippen MR) is 112 cm³/mol. The van der Waals surface area contributed by atoms with E-state index in [1.54, 1.807) is 7.05 Å². The number of nitrogens with zero attached hydrogens (tertiary/aromatic N) is 3. The number of piperazine rings is 1. The van der Waals surface area contributed by atoms with Crippen molar-refractivity contribution in [3.8, 4) is 0 Å². The van der Waals surface area contributed by atoms with Crippen LogP contribution in [0.3, 0.4) is 0 Å². The Hall–Kier alpha value is -0.810. The number of nitrogens with one attached hydrogen (secondary N) is 1. The van der Waals surface area contributed by atoms with Crippen molar-refractivity contribution in [2.45, 2.75) is 77.8 Å². The van der Waals surface area contributed by atoms with Crippen LogP contribution in [0.25, 0.3) is 0 Å². The Kier molecular flexibility index (Phi) is 7.07. The lowest BCUT2D eigenvalue weighted by atomic mass is 9.72. The van der Waals surface area contributed by atoms with Crippen LogP contribution < -0.4 is 5.32 Å². The number of rotatable bonds is 5. The fraction of sp³-hybridized carbons (Fsp3) is 0.955. The van der Waals surface area contributed by atoms with E-state index in [0.717, 1.165) is 37.9 Å². The van der Waals surface area contributed by atoms with E-state index in [2.05, 4.69) is 35.9 Å². The van der Waals surface area contributed by atoms with Crippen molar-refractivity contribution >= 4 is 6.03 Å². The maximum absolute atomic E-state index is 11.8. The number of urea groups is 1. The zero-order chi connectivity index (χ0) is 19.4. The van der Waals surface area contributed by atoms with Crippen LogP contribution in [-0.4, -0.2) is 79.1 Å². The molecule has 2 saturated heterocycles. The van der Waals surface area contributed by atoms with E-state index in [4.69, 9.17) is 0 Å². The molecule has 0 aromatic carbocycles. The van der Waals surface area contributed by atoms with Gasteiger partial charge in [-0.05, 0) is 43.4 Å². The van der Waals surface area contributed by atoms with E-state index in [0.29, 0.717) is 11.5 Å². The van der Waals surface area contributed by atoms with Gasteiger partial charge in [0.25, 0.3) is 0 Å². The van der Waals surface area contributed by atoms with Crippen molar-refractivity contribution in [1.29, 1.82) is 0 Å². The van der Waals surface area contributed by atoms with Crippen LogP contribution in [-0.2, 0) is 0 Å². The molecule has 0 aromatic heterocycles. The van der Waals surface area contributed by atoms with Crippen LogP contribution in [0.15, 0.2) is 0 Å². The number of carbonyl (C=O) groups excluding carboxylic acids is 1. The molecule has 1 unspecified atom stereocenters. The Morgan fingerprint density at radius 3 is 1.96 bits per heavy atom. The molecule has 2 atom stereocenters. The Bertz CT molecular complexity index is 477. The van der Waals surface area contributed by atoms with Crippen molar-refractivity contribution in [3.63, 3.8) is 0 Å². The monoisotopic (exact) mass is 378 g/mol. The summed E-state index contributed by atoms with van der Waals surface area (Å²) in [4.78, 5) is 19.2. The van der Waals surface area contributed by atoms with Crippen LogP contribution in [0.5, 0.6) is 0 Å². The first kappa shape index (κ1) is 20.9. The summed E-state index contributed by atoms with van der Waals surface area (Å²) in [5, 5.41) is 2.76. The van der Waals surface area contributed by atoms with Gasteiger partial charge in [-0.25, -0.2) is 4.79 Å². The summed E-state index contributed by atoms with van der Waals surface area (Å²) in [6, 6.07) is 1.58. The topological polar surface area (TPSA) is 38.8 Å². The van der Waals surface area contributed by atoms with Gasteiger partial charge in [0.2, 0.25) is 0 Å². The highest BCUT2D eigenvalue weighted by molar-refractivity contribution is 5.73. The van der Waals surface area contributed by atoms with Gasteiger partial charge in [0, 0.05) is 58.4 Å². The van der Waals surface area contributed by atoms with Crippen molar-refractivity contribution in [3.05, 3.63) is 0 Å². The zero-order valence-corrected chi connectivity index (χ0v) is 18.2. The predicted octanol–water partition coefficient (Wildman–Crippen LogP) is 3.40. The van der Waals surface area contributed by atoms with Gasteiger partial charge in [0.05, 0.1) is 0 Å². The van der Waals surface area contributed by atoms with Crippen molar-refractivity contribution in [2.75, 3.05) is 46.3 Å². The lowest BCUT2D eigenvalue weighted by molar-refractivity contribution is 0.0453. The van der Waals surface area contributed by atoms with E-state index in [9.17, 15) is 4.79 Å². The molecule has 0 bridgehead atoms. The number of likely N-dealkylation sites (tertiary alicyclic amines) is 1. The van der Waals surface area contributed by atoms with Crippen molar-refractivity contribution in [2.24, 2.45) is 11.3 Å². The largest absolute Gasteiger partial charge is 0.341 e. The lowest BCUT2D eigenvalue weighted by Crippen LogP contribution is -2.55. The molecule has 1 aliphatic carbocycles. The van der Waals surface area contributed by atoms with E-state index >= 15 is 0 Å². The lowest BCUT2D eigenvalue weighted by Gasteiger charge is -2.44. The number of hydrogen-bond acceptors (Lipinski definition) is 3. The van der Waals surface area contributed by atoms with Gasteiger partial charge < -0.3 is 10.2 Å². The third kappa shape index (κ3) is 4.61. The first-order valence-corrected chi connectivity index (χ1v) is 11.5. The molecular weight excluding hydrogens is 336 g/mol. The third-order valence-electron chi connectivity index (χ3n) is 8.35. The van der Waals surface area contributed by atoms with Gasteiger partial charge in [-0.3, -0.25) is 9.80 Å². The van der Waals surface area contributed by atoms with E-state index < -0.39 is 0 Å². The average Bonchev–Trinajstić information content (AvgIpc) is 3.24. The Labute approximate surface area is 166 Å². The minimum atomic E-state index is 0.0835. The van der Waals surface area contributed by atoms with E-state index in [1.807, 2.05) is 4.90 Å². The first-order chi connectivity index (χ1) is 13.0. The summed E-state index contributed by atoms with van der Waals surface area (Å²) in [7, 11) is 1.73. The number of amides is 2. The standard InChI is InChI=1S/C22H42N4O/c1-5-22(3,6-2)18-7-8-20(17-18)25-15-13-24(14-16-25)19-9-11-26(12-10-19)21(27)23-4/h18-20H,5-17H2,1-4H3,(H,23,27)/t18?,20-/m1/s1. The maximum Gasteiger partial charge on any atom is 0.317 e. The SMILES string of the molecule is CCC(C)(CC)C1CC[C@@H](N2CCN(C3CCN(C(=O)NC)CC3)CC2)C1. The molecule has 3 aliphatic rings.